The molecule has 9 heteroatoms. The van der Waals surface area contributed by atoms with Gasteiger partial charge in [0.25, 0.3) is 0 Å². The number of nitrogens with zero attached hydrogens (tertiary/aromatic N) is 2. The highest BCUT2D eigenvalue weighted by Crippen LogP contribution is 2.30. The summed E-state index contributed by atoms with van der Waals surface area (Å²) in [5, 5.41) is 18.2. The Bertz CT molecular complexity index is 1180. The Morgan fingerprint density at radius 1 is 1.29 bits per heavy atom. The topological polar surface area (TPSA) is 106 Å². The van der Waals surface area contributed by atoms with Crippen LogP contribution >= 0.6 is 11.8 Å². The van der Waals surface area contributed by atoms with E-state index in [1.807, 2.05) is 36.4 Å². The number of hydrogen-bond donors (Lipinski definition) is 3. The number of carbonyl (C=O) groups excluding carboxylic acids is 1. The normalized spacial score (nSPS) is 21.1. The van der Waals surface area contributed by atoms with Crippen molar-refractivity contribution in [3.05, 3.63) is 53.9 Å². The predicted molar refractivity (Wildman–Crippen MR) is 131 cm³/mol. The van der Waals surface area contributed by atoms with E-state index in [0.717, 1.165) is 45.6 Å². The van der Waals surface area contributed by atoms with Crippen LogP contribution in [0.2, 0.25) is 0 Å². The molecule has 3 N–H and O–H groups in total. The van der Waals surface area contributed by atoms with Gasteiger partial charge in [0.2, 0.25) is 5.91 Å². The summed E-state index contributed by atoms with van der Waals surface area (Å²) in [4.78, 5) is 21.6. The summed E-state index contributed by atoms with van der Waals surface area (Å²) >= 11 is 1.51. The molecule has 34 heavy (non-hydrogen) atoms. The number of pyridine rings is 2. The minimum atomic E-state index is -0.596. The number of methoxy groups -OCH3 is 1. The number of nitrogens with one attached hydrogen (secondary N) is 2. The van der Waals surface area contributed by atoms with Gasteiger partial charge in [0, 0.05) is 30.6 Å². The molecule has 2 aliphatic heterocycles. The molecule has 0 radical (unpaired) electrons. The van der Waals surface area contributed by atoms with Crippen molar-refractivity contribution >= 4 is 34.4 Å². The van der Waals surface area contributed by atoms with E-state index in [1.165, 1.54) is 11.8 Å². The smallest absolute Gasteiger partial charge is 0.235 e. The van der Waals surface area contributed by atoms with Gasteiger partial charge in [-0.3, -0.25) is 9.78 Å². The lowest BCUT2D eigenvalue weighted by atomic mass is 9.95. The van der Waals surface area contributed by atoms with E-state index < -0.39 is 6.10 Å². The number of benzene rings is 1. The number of ether oxygens (including phenoxy) is 2. The van der Waals surface area contributed by atoms with E-state index in [0.29, 0.717) is 31.1 Å². The van der Waals surface area contributed by atoms with E-state index >= 15 is 0 Å². The molecule has 178 valence electrons. The maximum absolute atomic E-state index is 11.6. The van der Waals surface area contributed by atoms with Gasteiger partial charge in [0.15, 0.2) is 0 Å². The summed E-state index contributed by atoms with van der Waals surface area (Å²) in [6.45, 7) is 1.13. The van der Waals surface area contributed by atoms with Crippen LogP contribution in [-0.4, -0.2) is 58.7 Å². The van der Waals surface area contributed by atoms with Gasteiger partial charge in [-0.2, -0.15) is 0 Å². The van der Waals surface area contributed by atoms with Crippen molar-refractivity contribution in [2.24, 2.45) is 0 Å². The van der Waals surface area contributed by atoms with Gasteiger partial charge in [-0.1, -0.05) is 0 Å². The molecule has 8 nitrogen and oxygen atoms in total. The number of aromatic nitrogens is 2. The Hall–Kier alpha value is -2.72. The summed E-state index contributed by atoms with van der Waals surface area (Å²) < 4.78 is 11.4. The van der Waals surface area contributed by atoms with Crippen LogP contribution in [0.1, 0.15) is 24.1 Å². The molecule has 1 amide bonds. The Kier molecular flexibility index (Phi) is 6.96. The molecule has 3 aromatic rings. The monoisotopic (exact) mass is 480 g/mol. The zero-order chi connectivity index (χ0) is 23.5. The average molecular weight is 481 g/mol. The summed E-state index contributed by atoms with van der Waals surface area (Å²) in [6.07, 6.45) is 3.15. The zero-order valence-corrected chi connectivity index (χ0v) is 19.8. The van der Waals surface area contributed by atoms with Gasteiger partial charge in [-0.25, -0.2) is 4.98 Å². The zero-order valence-electron chi connectivity index (χ0n) is 19.0. The number of fused-ring (bicyclic) bond motifs is 2. The Morgan fingerprint density at radius 2 is 2.21 bits per heavy atom. The first-order chi connectivity index (χ1) is 16.6. The number of thioether (sulfide) groups is 1. The van der Waals surface area contributed by atoms with Crippen LogP contribution in [0.15, 0.2) is 47.5 Å². The number of carbonyl (C=O) groups is 1. The van der Waals surface area contributed by atoms with Gasteiger partial charge in [0.1, 0.15) is 11.6 Å². The fourth-order valence-corrected chi connectivity index (χ4v) is 5.19. The molecule has 0 saturated carbocycles. The third kappa shape index (κ3) is 5.17. The molecule has 0 spiro atoms. The van der Waals surface area contributed by atoms with Crippen molar-refractivity contribution in [1.82, 2.24) is 15.3 Å². The Labute approximate surface area is 202 Å². The Morgan fingerprint density at radius 3 is 3.03 bits per heavy atom. The van der Waals surface area contributed by atoms with E-state index in [1.54, 1.807) is 13.3 Å². The number of aliphatic hydroxyl groups is 1. The van der Waals surface area contributed by atoms with E-state index in [2.05, 4.69) is 20.6 Å². The maximum Gasteiger partial charge on any atom is 0.235 e. The summed E-state index contributed by atoms with van der Waals surface area (Å²) in [5.74, 6) is 1.84. The first-order valence-corrected chi connectivity index (χ1v) is 12.4. The quantitative estimate of drug-likeness (QED) is 0.474. The lowest BCUT2D eigenvalue weighted by molar-refractivity contribution is -0.113. The molecule has 1 aromatic carbocycles. The Balaban J connectivity index is 1.14. The minimum Gasteiger partial charge on any atom is -0.497 e. The largest absolute Gasteiger partial charge is 0.497 e. The van der Waals surface area contributed by atoms with Crippen LogP contribution in [-0.2, 0) is 22.5 Å². The third-order valence-electron chi connectivity index (χ3n) is 6.31. The second-order valence-corrected chi connectivity index (χ2v) is 9.65. The van der Waals surface area contributed by atoms with E-state index in [-0.39, 0.29) is 18.1 Å². The van der Waals surface area contributed by atoms with Crippen molar-refractivity contribution in [1.29, 1.82) is 0 Å². The molecule has 1 saturated heterocycles. The second-order valence-electron chi connectivity index (χ2n) is 8.64. The lowest BCUT2D eigenvalue weighted by Crippen LogP contribution is -2.44. The summed E-state index contributed by atoms with van der Waals surface area (Å²) in [7, 11) is 1.64. The van der Waals surface area contributed by atoms with Crippen LogP contribution in [0.5, 0.6) is 5.75 Å². The molecule has 0 aliphatic carbocycles. The third-order valence-corrected chi connectivity index (χ3v) is 7.36. The van der Waals surface area contributed by atoms with Crippen LogP contribution in [0.25, 0.3) is 10.9 Å². The fourth-order valence-electron chi connectivity index (χ4n) is 4.43. The predicted octanol–water partition coefficient (Wildman–Crippen LogP) is 2.92. The van der Waals surface area contributed by atoms with Gasteiger partial charge in [-0.15, -0.1) is 11.8 Å². The van der Waals surface area contributed by atoms with Crippen LogP contribution < -0.4 is 15.4 Å². The van der Waals surface area contributed by atoms with Crippen LogP contribution in [0.3, 0.4) is 0 Å². The highest BCUT2D eigenvalue weighted by atomic mass is 32.2. The molecule has 1 unspecified atom stereocenters. The number of amides is 1. The molecule has 0 bridgehead atoms. The van der Waals surface area contributed by atoms with E-state index in [9.17, 15) is 9.90 Å². The highest BCUT2D eigenvalue weighted by Gasteiger charge is 2.28. The van der Waals surface area contributed by atoms with Gasteiger partial charge >= 0.3 is 0 Å². The SMILES string of the molecule is COc1ccc2nccc(CC(O)[C@@H]3CC[C@@H](NCc4ccc5c(n4)NC(=O)CS5)CO3)c2c1. The number of hydrogen-bond acceptors (Lipinski definition) is 8. The van der Waals surface area contributed by atoms with Crippen molar-refractivity contribution in [2.75, 3.05) is 24.8 Å². The van der Waals surface area contributed by atoms with Gasteiger partial charge < -0.3 is 25.2 Å². The first-order valence-electron chi connectivity index (χ1n) is 11.5. The standard InChI is InChI=1S/C25H28N4O4S/c1-32-18-4-5-20-19(11-18)15(8-9-26-20)10-21(30)22-6-2-17(13-33-22)27-12-16-3-7-23-25(28-16)29-24(31)14-34-23/h3-5,7-9,11,17,21-22,27,30H,2,6,10,12-14H2,1H3,(H,28,29,31)/t17-,21?,22+/m1/s1. The number of aliphatic hydroxyl groups excluding tert-OH is 1. The van der Waals surface area contributed by atoms with Gasteiger partial charge in [0.05, 0.1) is 47.8 Å². The second kappa shape index (κ2) is 10.3. The molecule has 2 aliphatic rings. The van der Waals surface area contributed by atoms with Crippen molar-refractivity contribution < 1.29 is 19.4 Å². The molecular formula is C25H28N4O4S. The van der Waals surface area contributed by atoms with E-state index in [4.69, 9.17) is 9.47 Å². The molecule has 1 fully saturated rings. The average Bonchev–Trinajstić information content (AvgIpc) is 2.87. The van der Waals surface area contributed by atoms with Gasteiger partial charge in [-0.05, 0) is 54.8 Å². The maximum atomic E-state index is 11.6. The van der Waals surface area contributed by atoms with Crippen LogP contribution in [0.4, 0.5) is 5.82 Å². The van der Waals surface area contributed by atoms with Crippen molar-refractivity contribution in [3.63, 3.8) is 0 Å². The molecular weight excluding hydrogens is 452 g/mol. The molecule has 4 heterocycles. The van der Waals surface area contributed by atoms with Crippen LogP contribution in [0, 0.1) is 0 Å². The fraction of sp³-hybridized carbons (Fsp3) is 0.400. The minimum absolute atomic E-state index is 0.0145. The van der Waals surface area contributed by atoms with Crippen molar-refractivity contribution in [3.8, 4) is 5.75 Å². The molecule has 2 aromatic heterocycles. The number of anilines is 1. The highest BCUT2D eigenvalue weighted by molar-refractivity contribution is 8.00. The van der Waals surface area contributed by atoms with Crippen molar-refractivity contribution in [2.45, 2.75) is 49.0 Å². The summed E-state index contributed by atoms with van der Waals surface area (Å²) in [5.41, 5.74) is 2.79. The first kappa shape index (κ1) is 23.0. The molecule has 3 atom stereocenters. The number of rotatable bonds is 7. The lowest BCUT2D eigenvalue weighted by Gasteiger charge is -2.32. The summed E-state index contributed by atoms with van der Waals surface area (Å²) in [6, 6.07) is 11.9. The molecule has 5 rings (SSSR count).